The zero-order chi connectivity index (χ0) is 16.8. The van der Waals surface area contributed by atoms with Crippen LogP contribution in [0.3, 0.4) is 0 Å². The van der Waals surface area contributed by atoms with Crippen LogP contribution >= 0.6 is 6.89 Å². The van der Waals surface area contributed by atoms with Crippen LogP contribution in [-0.2, 0) is 0 Å². The minimum absolute atomic E-state index is 0.788. The van der Waals surface area contributed by atoms with E-state index in [0.717, 1.165) is 16.2 Å². The molecule has 3 aromatic rings. The molecule has 3 heteroatoms. The Labute approximate surface area is 141 Å². The van der Waals surface area contributed by atoms with Crippen molar-refractivity contribution in [1.29, 1.82) is 0 Å². The molecule has 0 unspecified atom stereocenters. The average molecular weight is 332 g/mol. The molecule has 24 heavy (non-hydrogen) atoms. The van der Waals surface area contributed by atoms with Crippen LogP contribution in [0.25, 0.3) is 6.08 Å². The molecule has 0 heterocycles. The predicted octanol–water partition coefficient (Wildman–Crippen LogP) is 4.45. The molecule has 0 spiro atoms. The van der Waals surface area contributed by atoms with Crippen molar-refractivity contribution in [2.75, 3.05) is 0 Å². The monoisotopic (exact) mass is 332 g/mol. The Morgan fingerprint density at radius 3 is 1.58 bits per heavy atom. The molecule has 0 saturated carbocycles. The summed E-state index contributed by atoms with van der Waals surface area (Å²) in [5.41, 5.74) is 3.37. The van der Waals surface area contributed by atoms with E-state index in [2.05, 4.69) is 5.45 Å². The average Bonchev–Trinajstić information content (AvgIpc) is 2.65. The van der Waals surface area contributed by atoms with Gasteiger partial charge in [-0.25, -0.2) is 4.79 Å². The first-order valence-corrected chi connectivity index (χ1v) is 9.42. The number of benzene rings is 3. The topological polar surface area (TPSA) is 37.3 Å². The van der Waals surface area contributed by atoms with Crippen LogP contribution in [0.5, 0.6) is 0 Å². The molecule has 0 saturated heterocycles. The second kappa shape index (κ2) is 7.19. The normalized spacial score (nSPS) is 10.7. The fraction of sp³-hybridized carbons (Fsp3) is 0. The molecule has 0 aliphatic carbocycles. The minimum atomic E-state index is -2.83. The van der Waals surface area contributed by atoms with Gasteiger partial charge in [-0.05, 0) is 22.2 Å². The Morgan fingerprint density at radius 1 is 0.750 bits per heavy atom. The Kier molecular flexibility index (Phi) is 4.82. The van der Waals surface area contributed by atoms with E-state index < -0.39 is 12.6 Å². The second-order valence-electron chi connectivity index (χ2n) is 5.31. The zero-order valence-corrected chi connectivity index (χ0v) is 13.9. The van der Waals surface area contributed by atoms with Crippen LogP contribution in [0.2, 0.25) is 0 Å². The van der Waals surface area contributed by atoms with Gasteiger partial charge in [-0.2, -0.15) is 0 Å². The van der Waals surface area contributed by atoms with Crippen molar-refractivity contribution in [3.8, 4) is 0 Å². The molecule has 0 bridgehead atoms. The Balaban J connectivity index is 2.36. The van der Waals surface area contributed by atoms with Crippen LogP contribution in [0.4, 0.5) is 4.79 Å². The van der Waals surface area contributed by atoms with Crippen molar-refractivity contribution in [1.82, 2.24) is 0 Å². The van der Waals surface area contributed by atoms with Gasteiger partial charge in [-0.1, -0.05) is 91.0 Å². The molecule has 0 atom stereocenters. The van der Waals surface area contributed by atoms with E-state index in [0.29, 0.717) is 0 Å². The van der Waals surface area contributed by atoms with Gasteiger partial charge in [0.05, 0.1) is 6.89 Å². The highest BCUT2D eigenvalue weighted by molar-refractivity contribution is 8.00. The lowest BCUT2D eigenvalue weighted by Crippen LogP contribution is -2.22. The summed E-state index contributed by atoms with van der Waals surface area (Å²) < 4.78 is 0. The number of hydrogen-bond donors (Lipinski definition) is 1. The lowest BCUT2D eigenvalue weighted by atomic mass is 10.2. The predicted molar refractivity (Wildman–Crippen MR) is 103 cm³/mol. The number of rotatable bonds is 4. The number of hydrogen-bond acceptors (Lipinski definition) is 1. The van der Waals surface area contributed by atoms with E-state index in [-0.39, 0.29) is 0 Å². The van der Waals surface area contributed by atoms with Gasteiger partial charge in [-0.3, -0.25) is 0 Å². The highest BCUT2D eigenvalue weighted by Crippen LogP contribution is 2.44. The maximum absolute atomic E-state index is 12.4. The van der Waals surface area contributed by atoms with Crippen molar-refractivity contribution in [3.05, 3.63) is 96.6 Å². The highest BCUT2D eigenvalue weighted by Gasteiger charge is 2.30. The molecular formula is C21H17O2P. The first-order chi connectivity index (χ1) is 11.7. The maximum atomic E-state index is 12.4. The summed E-state index contributed by atoms with van der Waals surface area (Å²) in [4.78, 5) is 12.4. The third-order valence-corrected chi connectivity index (χ3v) is 7.03. The highest BCUT2D eigenvalue weighted by atomic mass is 31.2. The summed E-state index contributed by atoms with van der Waals surface area (Å²) in [6.07, 6.45) is 1.79. The summed E-state index contributed by atoms with van der Waals surface area (Å²) in [7, 11) is 0. The van der Waals surface area contributed by atoms with Gasteiger partial charge in [0, 0.05) is 0 Å². The molecule has 0 amide bonds. The molecule has 3 rings (SSSR count). The van der Waals surface area contributed by atoms with E-state index >= 15 is 0 Å². The minimum Gasteiger partial charge on any atom is -0.477 e. The standard InChI is InChI=1S/C21H17O2P/c22-21(23)24(19-12-6-2-7-13-19,20-14-8-3-9-15-20)17-16-18-10-4-1-5-11-18/h1-16H,(H,22,23). The molecule has 3 aromatic carbocycles. The summed E-state index contributed by atoms with van der Waals surface area (Å²) in [6, 6.07) is 28.5. The smallest absolute Gasteiger partial charge is 0.339 e. The quantitative estimate of drug-likeness (QED) is 0.717. The van der Waals surface area contributed by atoms with E-state index in [4.69, 9.17) is 0 Å². The summed E-state index contributed by atoms with van der Waals surface area (Å²) >= 11 is 0. The van der Waals surface area contributed by atoms with Crippen LogP contribution in [-0.4, -0.2) is 16.3 Å². The lowest BCUT2D eigenvalue weighted by molar-refractivity contribution is 0.221. The summed E-state index contributed by atoms with van der Waals surface area (Å²) in [6.45, 7) is -2.83. The largest absolute Gasteiger partial charge is 0.477 e. The van der Waals surface area contributed by atoms with E-state index in [1.165, 1.54) is 0 Å². The first kappa shape index (κ1) is 16.1. The summed E-state index contributed by atoms with van der Waals surface area (Å²) in [5.74, 6) is 0. The van der Waals surface area contributed by atoms with Crippen LogP contribution < -0.4 is 10.6 Å². The van der Waals surface area contributed by atoms with E-state index in [9.17, 15) is 9.90 Å². The number of carboxylic acid groups (broad SMARTS) is 1. The second-order valence-corrected chi connectivity index (χ2v) is 8.32. The molecule has 0 aliphatic heterocycles. The van der Waals surface area contributed by atoms with Crippen LogP contribution in [0.15, 0.2) is 91.0 Å². The van der Waals surface area contributed by atoms with Crippen molar-refractivity contribution in [2.45, 2.75) is 0 Å². The summed E-state index contributed by atoms with van der Waals surface area (Å²) in [5, 5.41) is 11.8. The SMILES string of the molecule is O=C(O)P(=C=Cc1ccccc1)(c1ccccc1)c1ccccc1. The van der Waals surface area contributed by atoms with Crippen LogP contribution in [0.1, 0.15) is 5.56 Å². The van der Waals surface area contributed by atoms with Gasteiger partial charge >= 0.3 is 5.71 Å². The van der Waals surface area contributed by atoms with Crippen molar-refractivity contribution in [2.24, 2.45) is 0 Å². The van der Waals surface area contributed by atoms with Gasteiger partial charge in [0.1, 0.15) is 0 Å². The van der Waals surface area contributed by atoms with Gasteiger partial charge < -0.3 is 5.11 Å². The van der Waals surface area contributed by atoms with Crippen molar-refractivity contribution < 1.29 is 9.90 Å². The van der Waals surface area contributed by atoms with Crippen LogP contribution in [0, 0.1) is 0 Å². The zero-order valence-electron chi connectivity index (χ0n) is 13.0. The molecule has 0 radical (unpaired) electrons. The molecular weight excluding hydrogens is 315 g/mol. The third kappa shape index (κ3) is 3.12. The fourth-order valence-corrected chi connectivity index (χ4v) is 5.33. The first-order valence-electron chi connectivity index (χ1n) is 7.63. The molecule has 2 nitrogen and oxygen atoms in total. The third-order valence-electron chi connectivity index (χ3n) is 3.80. The van der Waals surface area contributed by atoms with E-state index in [1.54, 1.807) is 6.08 Å². The van der Waals surface area contributed by atoms with Gasteiger partial charge in [0.15, 0.2) is 0 Å². The Bertz CT molecular complexity index is 866. The van der Waals surface area contributed by atoms with Gasteiger partial charge in [0.25, 0.3) is 0 Å². The maximum Gasteiger partial charge on any atom is 0.339 e. The molecule has 1 N–H and O–H groups in total. The Morgan fingerprint density at radius 2 is 1.17 bits per heavy atom. The Hall–Kier alpha value is -2.79. The molecule has 0 aliphatic rings. The van der Waals surface area contributed by atoms with Crippen molar-refractivity contribution >= 4 is 34.7 Å². The molecule has 0 aromatic heterocycles. The molecule has 0 fully saturated rings. The van der Waals surface area contributed by atoms with Gasteiger partial charge in [-0.15, -0.1) is 5.45 Å². The molecule has 118 valence electrons. The fourth-order valence-electron chi connectivity index (χ4n) is 2.60. The number of carbonyl (C=O) groups is 1. The van der Waals surface area contributed by atoms with E-state index in [1.807, 2.05) is 91.0 Å². The lowest BCUT2D eigenvalue weighted by Gasteiger charge is -2.20. The van der Waals surface area contributed by atoms with Crippen molar-refractivity contribution in [3.63, 3.8) is 0 Å². The van der Waals surface area contributed by atoms with Gasteiger partial charge in [0.2, 0.25) is 0 Å².